The number of ether oxygens (including phenoxy) is 1. The summed E-state index contributed by atoms with van der Waals surface area (Å²) in [5, 5.41) is 4.11. The van der Waals surface area contributed by atoms with E-state index in [1.807, 2.05) is 29.2 Å². The molecule has 7 heteroatoms. The minimum absolute atomic E-state index is 0.0388. The van der Waals surface area contributed by atoms with Crippen molar-refractivity contribution in [3.8, 4) is 5.75 Å². The number of hydrogen-bond acceptors (Lipinski definition) is 4. The van der Waals surface area contributed by atoms with Crippen LogP contribution in [0.25, 0.3) is 0 Å². The summed E-state index contributed by atoms with van der Waals surface area (Å²) in [5.74, 6) is 0.668. The smallest absolute Gasteiger partial charge is 0.253 e. The van der Waals surface area contributed by atoms with Gasteiger partial charge in [-0.05, 0) is 54.8 Å². The fraction of sp³-hybridized carbons (Fsp3) is 0.318. The first-order valence-electron chi connectivity index (χ1n) is 9.76. The largest absolute Gasteiger partial charge is 0.493 e. The lowest BCUT2D eigenvalue weighted by atomic mass is 9.98. The molecule has 1 amide bonds. The number of carbonyl (C=O) groups excluding carboxylic acids is 1. The Morgan fingerprint density at radius 2 is 2.07 bits per heavy atom. The highest BCUT2D eigenvalue weighted by molar-refractivity contribution is 5.94. The van der Waals surface area contributed by atoms with Crippen molar-refractivity contribution < 1.29 is 13.9 Å². The van der Waals surface area contributed by atoms with Crippen LogP contribution in [-0.4, -0.2) is 45.3 Å². The first-order chi connectivity index (χ1) is 14.2. The third kappa shape index (κ3) is 4.99. The van der Waals surface area contributed by atoms with Crippen LogP contribution in [0, 0.1) is 11.7 Å². The number of carbonyl (C=O) groups is 1. The van der Waals surface area contributed by atoms with Gasteiger partial charge in [0.1, 0.15) is 24.2 Å². The van der Waals surface area contributed by atoms with Crippen LogP contribution in [0.5, 0.6) is 5.75 Å². The molecule has 1 unspecified atom stereocenters. The monoisotopic (exact) mass is 394 g/mol. The molecule has 0 saturated carbocycles. The molecule has 3 aromatic rings. The Balaban J connectivity index is 1.36. The van der Waals surface area contributed by atoms with E-state index in [2.05, 4.69) is 10.1 Å². The van der Waals surface area contributed by atoms with Gasteiger partial charge in [-0.25, -0.2) is 14.1 Å². The molecule has 0 bridgehead atoms. The molecule has 1 aromatic heterocycles. The summed E-state index contributed by atoms with van der Waals surface area (Å²) in [4.78, 5) is 18.9. The van der Waals surface area contributed by atoms with Crippen LogP contribution >= 0.6 is 0 Å². The maximum Gasteiger partial charge on any atom is 0.253 e. The summed E-state index contributed by atoms with van der Waals surface area (Å²) >= 11 is 0. The maximum atomic E-state index is 13.0. The molecule has 29 heavy (non-hydrogen) atoms. The van der Waals surface area contributed by atoms with E-state index < -0.39 is 0 Å². The number of piperidine rings is 1. The second-order valence-electron chi connectivity index (χ2n) is 7.32. The first-order valence-corrected chi connectivity index (χ1v) is 9.76. The Kier molecular flexibility index (Phi) is 5.84. The Labute approximate surface area is 168 Å². The van der Waals surface area contributed by atoms with Crippen LogP contribution in [0.1, 0.15) is 28.8 Å². The lowest BCUT2D eigenvalue weighted by Crippen LogP contribution is -2.41. The highest BCUT2D eigenvalue weighted by Crippen LogP contribution is 2.21. The average Bonchev–Trinajstić information content (AvgIpc) is 3.26. The molecule has 2 heterocycles. The van der Waals surface area contributed by atoms with E-state index in [9.17, 15) is 9.18 Å². The van der Waals surface area contributed by atoms with Gasteiger partial charge in [0, 0.05) is 24.6 Å². The number of benzene rings is 2. The number of nitrogens with zero attached hydrogens (tertiary/aromatic N) is 4. The van der Waals surface area contributed by atoms with E-state index >= 15 is 0 Å². The van der Waals surface area contributed by atoms with E-state index in [0.29, 0.717) is 31.0 Å². The Hall–Kier alpha value is -3.22. The summed E-state index contributed by atoms with van der Waals surface area (Å²) in [6.07, 6.45) is 5.11. The summed E-state index contributed by atoms with van der Waals surface area (Å²) < 4.78 is 20.5. The molecule has 1 fully saturated rings. The SMILES string of the molecule is O=C(c1cccc(Cn2cncn2)c1)N1CCCC(COc2ccc(F)cc2)C1. The van der Waals surface area contributed by atoms with Gasteiger partial charge in [0.2, 0.25) is 0 Å². The average molecular weight is 394 g/mol. The van der Waals surface area contributed by atoms with E-state index in [0.717, 1.165) is 24.9 Å². The predicted molar refractivity (Wildman–Crippen MR) is 106 cm³/mol. The van der Waals surface area contributed by atoms with E-state index in [1.54, 1.807) is 23.1 Å². The van der Waals surface area contributed by atoms with Crippen LogP contribution in [0.4, 0.5) is 4.39 Å². The van der Waals surface area contributed by atoms with Crippen molar-refractivity contribution >= 4 is 5.91 Å². The molecule has 1 atom stereocenters. The number of hydrogen-bond donors (Lipinski definition) is 0. The third-order valence-electron chi connectivity index (χ3n) is 5.09. The molecular weight excluding hydrogens is 371 g/mol. The molecule has 2 aromatic carbocycles. The standard InChI is InChI=1S/C22H23FN4O2/c23-20-6-8-21(9-7-20)29-14-18-4-2-10-26(12-18)22(28)19-5-1-3-17(11-19)13-27-16-24-15-25-27/h1,3,5-9,11,15-16,18H,2,4,10,12-14H2. The number of amides is 1. The van der Waals surface area contributed by atoms with Gasteiger partial charge in [-0.2, -0.15) is 5.10 Å². The first kappa shape index (κ1) is 19.1. The van der Waals surface area contributed by atoms with Crippen LogP contribution in [0.2, 0.25) is 0 Å². The van der Waals surface area contributed by atoms with Crippen molar-refractivity contribution in [1.29, 1.82) is 0 Å². The number of halogens is 1. The van der Waals surface area contributed by atoms with E-state index in [1.165, 1.54) is 18.5 Å². The zero-order valence-electron chi connectivity index (χ0n) is 16.1. The second kappa shape index (κ2) is 8.86. The Morgan fingerprint density at radius 1 is 1.21 bits per heavy atom. The van der Waals surface area contributed by atoms with Gasteiger partial charge in [0.05, 0.1) is 13.2 Å². The van der Waals surface area contributed by atoms with Gasteiger partial charge in [-0.3, -0.25) is 4.79 Å². The second-order valence-corrected chi connectivity index (χ2v) is 7.32. The summed E-state index contributed by atoms with van der Waals surface area (Å²) in [6, 6.07) is 13.7. The molecule has 0 spiro atoms. The minimum atomic E-state index is -0.280. The molecule has 4 rings (SSSR count). The number of likely N-dealkylation sites (tertiary alicyclic amines) is 1. The fourth-order valence-electron chi connectivity index (χ4n) is 3.62. The summed E-state index contributed by atoms with van der Waals surface area (Å²) in [6.45, 7) is 2.50. The summed E-state index contributed by atoms with van der Waals surface area (Å²) in [7, 11) is 0. The topological polar surface area (TPSA) is 60.2 Å². The van der Waals surface area contributed by atoms with E-state index in [-0.39, 0.29) is 17.6 Å². The van der Waals surface area contributed by atoms with Crippen molar-refractivity contribution in [2.45, 2.75) is 19.4 Å². The predicted octanol–water partition coefficient (Wildman–Crippen LogP) is 3.40. The summed E-state index contributed by atoms with van der Waals surface area (Å²) in [5.41, 5.74) is 1.69. The highest BCUT2D eigenvalue weighted by Gasteiger charge is 2.25. The number of aromatic nitrogens is 3. The minimum Gasteiger partial charge on any atom is -0.493 e. The van der Waals surface area contributed by atoms with Gasteiger partial charge >= 0.3 is 0 Å². The zero-order valence-corrected chi connectivity index (χ0v) is 16.1. The van der Waals surface area contributed by atoms with Crippen LogP contribution < -0.4 is 4.74 Å². The molecular formula is C22H23FN4O2. The van der Waals surface area contributed by atoms with E-state index in [4.69, 9.17) is 4.74 Å². The third-order valence-corrected chi connectivity index (χ3v) is 5.09. The van der Waals surface area contributed by atoms with Crippen LogP contribution in [-0.2, 0) is 6.54 Å². The Bertz CT molecular complexity index is 944. The van der Waals surface area contributed by atoms with Gasteiger partial charge in [-0.1, -0.05) is 12.1 Å². The molecule has 0 aliphatic carbocycles. The van der Waals surface area contributed by atoms with Crippen molar-refractivity contribution in [2.75, 3.05) is 19.7 Å². The molecule has 1 aliphatic heterocycles. The fourth-order valence-corrected chi connectivity index (χ4v) is 3.62. The van der Waals surface area contributed by atoms with Crippen LogP contribution in [0.3, 0.4) is 0 Å². The maximum absolute atomic E-state index is 13.0. The quantitative estimate of drug-likeness (QED) is 0.643. The van der Waals surface area contributed by atoms with Gasteiger partial charge in [0.25, 0.3) is 5.91 Å². The number of rotatable bonds is 6. The van der Waals surface area contributed by atoms with Gasteiger partial charge in [-0.15, -0.1) is 0 Å². The van der Waals surface area contributed by atoms with Crippen LogP contribution in [0.15, 0.2) is 61.2 Å². The molecule has 150 valence electrons. The normalized spacial score (nSPS) is 16.6. The molecule has 6 nitrogen and oxygen atoms in total. The lowest BCUT2D eigenvalue weighted by molar-refractivity contribution is 0.0633. The molecule has 1 aliphatic rings. The highest BCUT2D eigenvalue weighted by atomic mass is 19.1. The van der Waals surface area contributed by atoms with Crippen molar-refractivity contribution in [3.05, 3.63) is 78.1 Å². The Morgan fingerprint density at radius 3 is 2.86 bits per heavy atom. The molecule has 0 N–H and O–H groups in total. The van der Waals surface area contributed by atoms with Crippen molar-refractivity contribution in [2.24, 2.45) is 5.92 Å². The molecule has 1 saturated heterocycles. The lowest BCUT2D eigenvalue weighted by Gasteiger charge is -2.32. The molecule has 0 radical (unpaired) electrons. The van der Waals surface area contributed by atoms with Gasteiger partial charge < -0.3 is 9.64 Å². The van der Waals surface area contributed by atoms with Crippen molar-refractivity contribution in [3.63, 3.8) is 0 Å². The van der Waals surface area contributed by atoms with Gasteiger partial charge in [0.15, 0.2) is 0 Å². The van der Waals surface area contributed by atoms with Crippen molar-refractivity contribution in [1.82, 2.24) is 19.7 Å². The zero-order chi connectivity index (χ0) is 20.1.